The Labute approximate surface area is 110 Å². The molecular weight excluding hydrogens is 228 g/mol. The Bertz CT molecular complexity index is 226. The number of nitrogens with one attached hydrogen (secondary N) is 2. The lowest BCUT2D eigenvalue weighted by atomic mass is 9.92. The fourth-order valence-electron chi connectivity index (χ4n) is 3.44. The van der Waals surface area contributed by atoms with Crippen LogP contribution in [-0.4, -0.2) is 51.1 Å². The Balaban J connectivity index is 1.53. The lowest BCUT2D eigenvalue weighted by Crippen LogP contribution is -2.54. The van der Waals surface area contributed by atoms with Crippen LogP contribution < -0.4 is 10.6 Å². The maximum Gasteiger partial charge on any atom is 0.0965 e. The van der Waals surface area contributed by atoms with Gasteiger partial charge >= 0.3 is 0 Å². The van der Waals surface area contributed by atoms with Gasteiger partial charge in [-0.15, -0.1) is 0 Å². The molecule has 4 heteroatoms. The molecule has 0 amide bonds. The molecule has 3 aliphatic rings. The van der Waals surface area contributed by atoms with Crippen LogP contribution in [0.25, 0.3) is 0 Å². The van der Waals surface area contributed by atoms with Gasteiger partial charge in [0.25, 0.3) is 0 Å². The topological polar surface area (TPSA) is 42.5 Å². The quantitative estimate of drug-likeness (QED) is 0.769. The summed E-state index contributed by atoms with van der Waals surface area (Å²) in [5.74, 6) is 0.678. The summed E-state index contributed by atoms with van der Waals surface area (Å²) in [4.78, 5) is 0. The van der Waals surface area contributed by atoms with Crippen molar-refractivity contribution < 1.29 is 9.47 Å². The molecule has 4 atom stereocenters. The Kier molecular flexibility index (Phi) is 4.52. The third-order valence-electron chi connectivity index (χ3n) is 4.53. The van der Waals surface area contributed by atoms with E-state index in [4.69, 9.17) is 9.47 Å². The van der Waals surface area contributed by atoms with E-state index >= 15 is 0 Å². The van der Waals surface area contributed by atoms with Gasteiger partial charge in [0.05, 0.1) is 18.3 Å². The zero-order chi connectivity index (χ0) is 12.2. The maximum atomic E-state index is 6.34. The molecule has 0 saturated carbocycles. The Morgan fingerprint density at radius 2 is 1.72 bits per heavy atom. The van der Waals surface area contributed by atoms with Gasteiger partial charge in [0.1, 0.15) is 0 Å². The summed E-state index contributed by atoms with van der Waals surface area (Å²) in [5, 5.41) is 7.03. The monoisotopic (exact) mass is 254 g/mol. The van der Waals surface area contributed by atoms with E-state index in [-0.39, 0.29) is 6.10 Å². The van der Waals surface area contributed by atoms with Crippen LogP contribution in [0.5, 0.6) is 0 Å². The van der Waals surface area contributed by atoms with Crippen molar-refractivity contribution in [2.45, 2.75) is 50.4 Å². The van der Waals surface area contributed by atoms with Crippen LogP contribution in [0.4, 0.5) is 0 Å². The molecule has 104 valence electrons. The van der Waals surface area contributed by atoms with Crippen molar-refractivity contribution in [2.24, 2.45) is 5.92 Å². The average molecular weight is 254 g/mol. The molecule has 3 fully saturated rings. The van der Waals surface area contributed by atoms with Gasteiger partial charge in [-0.3, -0.25) is 0 Å². The third-order valence-corrected chi connectivity index (χ3v) is 4.53. The maximum absolute atomic E-state index is 6.34. The lowest BCUT2D eigenvalue weighted by Gasteiger charge is -2.40. The van der Waals surface area contributed by atoms with Gasteiger partial charge in [0, 0.05) is 26.2 Å². The van der Waals surface area contributed by atoms with E-state index < -0.39 is 0 Å². The molecule has 3 rings (SSSR count). The predicted octanol–water partition coefficient (Wildman–Crippen LogP) is 0.912. The average Bonchev–Trinajstić information content (AvgIpc) is 2.49. The van der Waals surface area contributed by atoms with Crippen molar-refractivity contribution in [1.82, 2.24) is 10.6 Å². The van der Waals surface area contributed by atoms with Crippen LogP contribution in [0.3, 0.4) is 0 Å². The molecule has 0 aliphatic carbocycles. The highest BCUT2D eigenvalue weighted by atomic mass is 16.5. The van der Waals surface area contributed by atoms with Crippen molar-refractivity contribution in [2.75, 3.05) is 32.8 Å². The van der Waals surface area contributed by atoms with Crippen molar-refractivity contribution in [3.63, 3.8) is 0 Å². The number of morpholine rings is 1. The molecule has 0 aromatic rings. The van der Waals surface area contributed by atoms with Gasteiger partial charge in [0.15, 0.2) is 0 Å². The second-order valence-corrected chi connectivity index (χ2v) is 5.88. The Morgan fingerprint density at radius 1 is 0.778 bits per heavy atom. The second-order valence-electron chi connectivity index (χ2n) is 5.88. The summed E-state index contributed by atoms with van der Waals surface area (Å²) < 4.78 is 12.2. The summed E-state index contributed by atoms with van der Waals surface area (Å²) in [7, 11) is 0. The van der Waals surface area contributed by atoms with Crippen molar-refractivity contribution in [3.05, 3.63) is 0 Å². The fourth-order valence-corrected chi connectivity index (χ4v) is 3.44. The zero-order valence-electron chi connectivity index (χ0n) is 11.2. The Morgan fingerprint density at radius 3 is 2.50 bits per heavy atom. The third kappa shape index (κ3) is 3.05. The zero-order valence-corrected chi connectivity index (χ0v) is 11.2. The molecule has 3 aliphatic heterocycles. The Hall–Kier alpha value is -0.160. The summed E-state index contributed by atoms with van der Waals surface area (Å²) in [6.07, 6.45) is 7.24. The first-order valence-corrected chi connectivity index (χ1v) is 7.62. The van der Waals surface area contributed by atoms with Gasteiger partial charge in [0.2, 0.25) is 0 Å². The smallest absolute Gasteiger partial charge is 0.0965 e. The van der Waals surface area contributed by atoms with E-state index in [1.54, 1.807) is 0 Å². The van der Waals surface area contributed by atoms with Crippen LogP contribution in [0.15, 0.2) is 0 Å². The van der Waals surface area contributed by atoms with Crippen LogP contribution in [0.1, 0.15) is 32.1 Å². The van der Waals surface area contributed by atoms with E-state index in [1.807, 2.05) is 0 Å². The van der Waals surface area contributed by atoms with E-state index in [2.05, 4.69) is 10.6 Å². The lowest BCUT2D eigenvalue weighted by molar-refractivity contribution is -0.143. The summed E-state index contributed by atoms with van der Waals surface area (Å²) >= 11 is 0. The van der Waals surface area contributed by atoms with Crippen molar-refractivity contribution >= 4 is 0 Å². The highest BCUT2D eigenvalue weighted by molar-refractivity contribution is 4.86. The first-order valence-electron chi connectivity index (χ1n) is 7.62. The molecular formula is C14H26N2O2. The van der Waals surface area contributed by atoms with E-state index in [1.165, 1.54) is 38.6 Å². The van der Waals surface area contributed by atoms with Gasteiger partial charge < -0.3 is 20.1 Å². The fraction of sp³-hybridized carbons (Fsp3) is 1.00. The molecule has 3 heterocycles. The molecule has 0 aromatic carbocycles. The van der Waals surface area contributed by atoms with E-state index in [9.17, 15) is 0 Å². The molecule has 18 heavy (non-hydrogen) atoms. The first-order chi connectivity index (χ1) is 8.93. The minimum atomic E-state index is 0.269. The molecule has 0 aromatic heterocycles. The van der Waals surface area contributed by atoms with E-state index in [0.29, 0.717) is 18.1 Å². The van der Waals surface area contributed by atoms with Gasteiger partial charge in [-0.05, 0) is 44.6 Å². The summed E-state index contributed by atoms with van der Waals surface area (Å²) in [6, 6.07) is 0. The van der Waals surface area contributed by atoms with Crippen LogP contribution in [0.2, 0.25) is 0 Å². The van der Waals surface area contributed by atoms with Crippen LogP contribution in [-0.2, 0) is 9.47 Å². The van der Waals surface area contributed by atoms with Crippen LogP contribution >= 0.6 is 0 Å². The SMILES string of the molecule is C1CCC(C2CNCC(C3CCCNC3)O2)OC1. The molecule has 0 bridgehead atoms. The standard InChI is InChI=1S/C14H26N2O2/c1-2-7-17-12(5-1)14-10-16-9-13(18-14)11-4-3-6-15-8-11/h11-16H,1-10H2. The number of rotatable bonds is 2. The molecule has 2 N–H and O–H groups in total. The molecule has 4 nitrogen and oxygen atoms in total. The largest absolute Gasteiger partial charge is 0.375 e. The van der Waals surface area contributed by atoms with Gasteiger partial charge in [-0.1, -0.05) is 0 Å². The van der Waals surface area contributed by atoms with E-state index in [0.717, 1.165) is 26.2 Å². The highest BCUT2D eigenvalue weighted by Crippen LogP contribution is 2.25. The van der Waals surface area contributed by atoms with Crippen molar-refractivity contribution in [1.29, 1.82) is 0 Å². The molecule has 3 saturated heterocycles. The number of ether oxygens (including phenoxy) is 2. The van der Waals surface area contributed by atoms with Gasteiger partial charge in [-0.25, -0.2) is 0 Å². The number of hydrogen-bond acceptors (Lipinski definition) is 4. The summed E-state index contributed by atoms with van der Waals surface area (Å²) in [6.45, 7) is 5.17. The van der Waals surface area contributed by atoms with Crippen LogP contribution in [0, 0.1) is 5.92 Å². The first kappa shape index (κ1) is 12.9. The highest BCUT2D eigenvalue weighted by Gasteiger charge is 2.34. The number of hydrogen-bond donors (Lipinski definition) is 2. The second kappa shape index (κ2) is 6.33. The molecule has 4 unspecified atom stereocenters. The molecule has 0 radical (unpaired) electrons. The minimum Gasteiger partial charge on any atom is -0.375 e. The summed E-state index contributed by atoms with van der Waals surface area (Å²) in [5.41, 5.74) is 0. The van der Waals surface area contributed by atoms with Gasteiger partial charge in [-0.2, -0.15) is 0 Å². The van der Waals surface area contributed by atoms with Crippen molar-refractivity contribution in [3.8, 4) is 0 Å². The minimum absolute atomic E-state index is 0.269. The number of piperidine rings is 1. The normalized spacial score (nSPS) is 42.7. The predicted molar refractivity (Wildman–Crippen MR) is 70.7 cm³/mol. The molecule has 0 spiro atoms.